The lowest BCUT2D eigenvalue weighted by Crippen LogP contribution is -2.20. The molecular formula is C16H15NO5S2. The molecule has 0 aliphatic rings. The number of esters is 1. The molecule has 2 rings (SSSR count). The van der Waals surface area contributed by atoms with Crippen LogP contribution in [-0.2, 0) is 24.2 Å². The molecule has 126 valence electrons. The average Bonchev–Trinajstić information content (AvgIpc) is 3.04. The molecule has 1 aromatic heterocycles. The number of benzene rings is 1. The third kappa shape index (κ3) is 5.64. The number of hydrogen-bond acceptors (Lipinski definition) is 6. The minimum absolute atomic E-state index is 0.0935. The molecule has 0 saturated heterocycles. The van der Waals surface area contributed by atoms with Gasteiger partial charge < -0.3 is 10.1 Å². The molecule has 1 N–H and O–H groups in total. The first-order valence-electron chi connectivity index (χ1n) is 6.81. The summed E-state index contributed by atoms with van der Waals surface area (Å²) in [6, 6.07) is 7.67. The quantitative estimate of drug-likeness (QED) is 0.627. The van der Waals surface area contributed by atoms with Crippen molar-refractivity contribution in [3.63, 3.8) is 0 Å². The fourth-order valence-electron chi connectivity index (χ4n) is 1.72. The number of nitrogens with one attached hydrogen (secondary N) is 1. The van der Waals surface area contributed by atoms with E-state index in [0.717, 1.165) is 11.8 Å². The summed E-state index contributed by atoms with van der Waals surface area (Å²) < 4.78 is 27.8. The maximum atomic E-state index is 11.8. The summed E-state index contributed by atoms with van der Waals surface area (Å²) >= 11 is 1.50. The second-order valence-electron chi connectivity index (χ2n) is 4.85. The maximum absolute atomic E-state index is 11.8. The van der Waals surface area contributed by atoms with Crippen molar-refractivity contribution in [1.29, 1.82) is 0 Å². The Morgan fingerprint density at radius 1 is 1.29 bits per heavy atom. The zero-order valence-electron chi connectivity index (χ0n) is 12.8. The van der Waals surface area contributed by atoms with Gasteiger partial charge in [0.1, 0.15) is 0 Å². The first-order chi connectivity index (χ1) is 11.3. The lowest BCUT2D eigenvalue weighted by molar-refractivity contribution is -0.142. The highest BCUT2D eigenvalue weighted by Gasteiger charge is 2.10. The summed E-state index contributed by atoms with van der Waals surface area (Å²) in [5.74, 6) is -1.20. The van der Waals surface area contributed by atoms with Gasteiger partial charge in [0.05, 0.1) is 4.90 Å². The fourth-order valence-corrected chi connectivity index (χ4v) is 3.02. The highest BCUT2D eigenvalue weighted by molar-refractivity contribution is 7.90. The van der Waals surface area contributed by atoms with Gasteiger partial charge in [-0.15, -0.1) is 0 Å². The largest absolute Gasteiger partial charge is 0.452 e. The van der Waals surface area contributed by atoms with E-state index in [-0.39, 0.29) is 4.90 Å². The molecule has 0 fully saturated rings. The van der Waals surface area contributed by atoms with Crippen LogP contribution in [0.25, 0.3) is 6.08 Å². The smallest absolute Gasteiger partial charge is 0.331 e. The van der Waals surface area contributed by atoms with E-state index in [1.54, 1.807) is 12.1 Å². The molecule has 1 heterocycles. The van der Waals surface area contributed by atoms with Crippen LogP contribution in [0.15, 0.2) is 52.1 Å². The lowest BCUT2D eigenvalue weighted by atomic mass is 10.3. The molecule has 2 aromatic rings. The Hall–Kier alpha value is -2.45. The van der Waals surface area contributed by atoms with Crippen molar-refractivity contribution in [2.45, 2.75) is 4.90 Å². The lowest BCUT2D eigenvalue weighted by Gasteiger charge is -2.06. The zero-order valence-corrected chi connectivity index (χ0v) is 14.4. The molecule has 0 unspecified atom stereocenters. The van der Waals surface area contributed by atoms with Gasteiger partial charge in [0.2, 0.25) is 0 Å². The molecule has 0 aliphatic heterocycles. The van der Waals surface area contributed by atoms with Gasteiger partial charge in [0.15, 0.2) is 16.4 Å². The Bertz CT molecular complexity index is 854. The number of carbonyl (C=O) groups excluding carboxylic acids is 2. The monoisotopic (exact) mass is 365 g/mol. The van der Waals surface area contributed by atoms with Crippen LogP contribution in [0, 0.1) is 0 Å². The Labute approximate surface area is 143 Å². The van der Waals surface area contributed by atoms with E-state index >= 15 is 0 Å². The van der Waals surface area contributed by atoms with Crippen molar-refractivity contribution in [1.82, 2.24) is 0 Å². The van der Waals surface area contributed by atoms with Crippen LogP contribution >= 0.6 is 11.3 Å². The molecule has 0 spiro atoms. The molecule has 0 atom stereocenters. The Kier molecular flexibility index (Phi) is 5.88. The van der Waals surface area contributed by atoms with Crippen molar-refractivity contribution < 1.29 is 22.7 Å². The molecule has 6 nitrogen and oxygen atoms in total. The Morgan fingerprint density at radius 3 is 2.75 bits per heavy atom. The number of hydrogen-bond donors (Lipinski definition) is 1. The molecule has 0 bridgehead atoms. The molecular weight excluding hydrogens is 350 g/mol. The summed E-state index contributed by atoms with van der Waals surface area (Å²) in [6.07, 6.45) is 3.90. The highest BCUT2D eigenvalue weighted by atomic mass is 32.2. The summed E-state index contributed by atoms with van der Waals surface area (Å²) in [4.78, 5) is 23.4. The van der Waals surface area contributed by atoms with Crippen LogP contribution in [0.3, 0.4) is 0 Å². The van der Waals surface area contributed by atoms with Crippen molar-refractivity contribution >= 4 is 44.8 Å². The standard InChI is InChI=1S/C16H15NO5S2/c1-24(20,21)14-4-2-3-13(9-14)17-15(18)10-22-16(19)6-5-12-7-8-23-11-12/h2-9,11H,10H2,1H3,(H,17,18)/b6-5+. The van der Waals surface area contributed by atoms with Crippen LogP contribution < -0.4 is 5.32 Å². The van der Waals surface area contributed by atoms with E-state index < -0.39 is 28.3 Å². The second kappa shape index (κ2) is 7.89. The van der Waals surface area contributed by atoms with Gasteiger partial charge in [-0.1, -0.05) is 6.07 Å². The average molecular weight is 365 g/mol. The summed E-state index contributed by atoms with van der Waals surface area (Å²) in [7, 11) is -3.36. The van der Waals surface area contributed by atoms with E-state index in [1.807, 2.05) is 16.8 Å². The van der Waals surface area contributed by atoms with E-state index in [2.05, 4.69) is 5.32 Å². The van der Waals surface area contributed by atoms with Gasteiger partial charge >= 0.3 is 5.97 Å². The van der Waals surface area contributed by atoms with E-state index in [4.69, 9.17) is 4.74 Å². The van der Waals surface area contributed by atoms with Crippen molar-refractivity contribution in [3.8, 4) is 0 Å². The summed E-state index contributed by atoms with van der Waals surface area (Å²) in [6.45, 7) is -0.462. The molecule has 0 radical (unpaired) electrons. The number of amides is 1. The van der Waals surface area contributed by atoms with Crippen LogP contribution in [-0.4, -0.2) is 33.2 Å². The van der Waals surface area contributed by atoms with Crippen LogP contribution in [0.1, 0.15) is 5.56 Å². The van der Waals surface area contributed by atoms with Gasteiger partial charge in [-0.2, -0.15) is 11.3 Å². The van der Waals surface area contributed by atoms with E-state index in [9.17, 15) is 18.0 Å². The third-order valence-electron chi connectivity index (χ3n) is 2.85. The minimum atomic E-state index is -3.36. The predicted octanol–water partition coefficient (Wildman–Crippen LogP) is 2.35. The number of sulfone groups is 1. The molecule has 1 aromatic carbocycles. The van der Waals surface area contributed by atoms with Crippen molar-refractivity contribution in [2.24, 2.45) is 0 Å². The maximum Gasteiger partial charge on any atom is 0.331 e. The molecule has 1 amide bonds. The highest BCUT2D eigenvalue weighted by Crippen LogP contribution is 2.15. The van der Waals surface area contributed by atoms with Crippen molar-refractivity contribution in [2.75, 3.05) is 18.2 Å². The molecule has 0 saturated carbocycles. The van der Waals surface area contributed by atoms with Gasteiger partial charge in [-0.3, -0.25) is 4.79 Å². The van der Waals surface area contributed by atoms with Gasteiger partial charge in [0, 0.05) is 18.0 Å². The number of thiophene rings is 1. The molecule has 8 heteroatoms. The first kappa shape index (κ1) is 17.9. The topological polar surface area (TPSA) is 89.5 Å². The van der Waals surface area contributed by atoms with Crippen LogP contribution in [0.4, 0.5) is 5.69 Å². The van der Waals surface area contributed by atoms with E-state index in [1.165, 1.54) is 35.6 Å². The Morgan fingerprint density at radius 2 is 2.08 bits per heavy atom. The van der Waals surface area contributed by atoms with Gasteiger partial charge in [-0.05, 0) is 46.7 Å². The SMILES string of the molecule is CS(=O)(=O)c1cccc(NC(=O)COC(=O)/C=C/c2ccsc2)c1. The third-order valence-corrected chi connectivity index (χ3v) is 4.66. The summed E-state index contributed by atoms with van der Waals surface area (Å²) in [5, 5.41) is 6.22. The normalized spacial score (nSPS) is 11.4. The fraction of sp³-hybridized carbons (Fsp3) is 0.125. The first-order valence-corrected chi connectivity index (χ1v) is 9.65. The number of carbonyl (C=O) groups is 2. The number of rotatable bonds is 6. The van der Waals surface area contributed by atoms with E-state index in [0.29, 0.717) is 5.69 Å². The predicted molar refractivity (Wildman–Crippen MR) is 92.5 cm³/mol. The minimum Gasteiger partial charge on any atom is -0.452 e. The molecule has 0 aliphatic carbocycles. The van der Waals surface area contributed by atoms with Crippen LogP contribution in [0.2, 0.25) is 0 Å². The second-order valence-corrected chi connectivity index (χ2v) is 7.64. The van der Waals surface area contributed by atoms with Gasteiger partial charge in [0.25, 0.3) is 5.91 Å². The zero-order chi connectivity index (χ0) is 17.6. The number of anilines is 1. The Balaban J connectivity index is 1.86. The summed E-state index contributed by atoms with van der Waals surface area (Å²) in [5.41, 5.74) is 1.19. The number of ether oxygens (including phenoxy) is 1. The molecule has 24 heavy (non-hydrogen) atoms. The van der Waals surface area contributed by atoms with Crippen LogP contribution in [0.5, 0.6) is 0 Å². The van der Waals surface area contributed by atoms with Gasteiger partial charge in [-0.25, -0.2) is 13.2 Å². The van der Waals surface area contributed by atoms with Crippen molar-refractivity contribution in [3.05, 3.63) is 52.7 Å².